The molecule has 1 N–H and O–H groups in total. The van der Waals surface area contributed by atoms with Gasteiger partial charge in [-0.25, -0.2) is 4.98 Å². The highest BCUT2D eigenvalue weighted by Gasteiger charge is 2.02. The van der Waals surface area contributed by atoms with Crippen molar-refractivity contribution in [2.75, 3.05) is 5.32 Å². The number of hydrogen-bond donors (Lipinski definition) is 1. The van der Waals surface area contributed by atoms with Crippen LogP contribution in [0, 0.1) is 3.57 Å². The molecule has 1 aromatic heterocycles. The lowest BCUT2D eigenvalue weighted by Crippen LogP contribution is -1.88. The zero-order chi connectivity index (χ0) is 11.7. The summed E-state index contributed by atoms with van der Waals surface area (Å²) < 4.78 is 2.43. The fraction of sp³-hybridized carbons (Fsp3) is 0. The van der Waals surface area contributed by atoms with Crippen molar-refractivity contribution in [1.82, 2.24) is 4.98 Å². The van der Waals surface area contributed by atoms with E-state index in [4.69, 9.17) is 0 Å². The van der Waals surface area contributed by atoms with Gasteiger partial charge in [-0.05, 0) is 52.9 Å². The van der Waals surface area contributed by atoms with Crippen LogP contribution in [0.5, 0.6) is 0 Å². The van der Waals surface area contributed by atoms with E-state index in [2.05, 4.69) is 51.1 Å². The highest BCUT2D eigenvalue weighted by molar-refractivity contribution is 14.1. The van der Waals surface area contributed by atoms with E-state index in [1.807, 2.05) is 30.3 Å². The Morgan fingerprint density at radius 3 is 2.76 bits per heavy atom. The van der Waals surface area contributed by atoms with Gasteiger partial charge in [-0.15, -0.1) is 0 Å². The SMILES string of the molecule is Ic1cccc(Nc2nc3ccccc3s2)c1. The molecule has 1 heterocycles. The quantitative estimate of drug-likeness (QED) is 0.680. The third-order valence-corrected chi connectivity index (χ3v) is 3.99. The Labute approximate surface area is 117 Å². The molecule has 0 amide bonds. The average Bonchev–Trinajstić information content (AvgIpc) is 2.71. The van der Waals surface area contributed by atoms with Gasteiger partial charge in [-0.1, -0.05) is 29.5 Å². The third-order valence-electron chi connectivity index (χ3n) is 2.37. The Morgan fingerprint density at radius 2 is 1.94 bits per heavy atom. The van der Waals surface area contributed by atoms with Gasteiger partial charge in [0.05, 0.1) is 10.2 Å². The molecule has 3 rings (SSSR count). The second-order valence-corrected chi connectivity index (χ2v) is 5.90. The van der Waals surface area contributed by atoms with Crippen LogP contribution in [0.2, 0.25) is 0 Å². The fourth-order valence-electron chi connectivity index (χ4n) is 1.62. The van der Waals surface area contributed by atoms with E-state index < -0.39 is 0 Å². The number of anilines is 2. The second kappa shape index (κ2) is 4.62. The monoisotopic (exact) mass is 352 g/mol. The summed E-state index contributed by atoms with van der Waals surface area (Å²) in [4.78, 5) is 4.54. The minimum Gasteiger partial charge on any atom is -0.331 e. The number of nitrogens with one attached hydrogen (secondary N) is 1. The van der Waals surface area contributed by atoms with Crippen LogP contribution in [0.4, 0.5) is 10.8 Å². The number of thiazole rings is 1. The molecule has 0 aliphatic carbocycles. The third kappa shape index (κ3) is 2.42. The predicted molar refractivity (Wildman–Crippen MR) is 82.1 cm³/mol. The molecule has 0 radical (unpaired) electrons. The number of aromatic nitrogens is 1. The smallest absolute Gasteiger partial charge is 0.188 e. The Morgan fingerprint density at radius 1 is 1.06 bits per heavy atom. The average molecular weight is 352 g/mol. The fourth-order valence-corrected chi connectivity index (χ4v) is 3.04. The summed E-state index contributed by atoms with van der Waals surface area (Å²) >= 11 is 3.98. The molecule has 0 fully saturated rings. The summed E-state index contributed by atoms with van der Waals surface area (Å²) in [7, 11) is 0. The number of para-hydroxylation sites is 1. The summed E-state index contributed by atoms with van der Waals surface area (Å²) in [6.07, 6.45) is 0. The lowest BCUT2D eigenvalue weighted by Gasteiger charge is -2.01. The molecule has 0 aliphatic rings. The zero-order valence-electron chi connectivity index (χ0n) is 8.85. The van der Waals surface area contributed by atoms with Gasteiger partial charge in [0.15, 0.2) is 5.13 Å². The standard InChI is InChI=1S/C13H9IN2S/c14-9-4-3-5-10(8-9)15-13-16-11-6-1-2-7-12(11)17-13/h1-8H,(H,15,16). The Kier molecular flexibility index (Phi) is 2.98. The van der Waals surface area contributed by atoms with Crippen molar-refractivity contribution in [3.8, 4) is 0 Å². The van der Waals surface area contributed by atoms with Crippen molar-refractivity contribution in [3.05, 3.63) is 52.1 Å². The van der Waals surface area contributed by atoms with Crippen molar-refractivity contribution in [3.63, 3.8) is 0 Å². The molecule has 4 heteroatoms. The molecule has 0 unspecified atom stereocenters. The molecule has 0 spiro atoms. The van der Waals surface area contributed by atoms with Crippen molar-refractivity contribution < 1.29 is 0 Å². The second-order valence-electron chi connectivity index (χ2n) is 3.62. The molecule has 3 aromatic rings. The number of nitrogens with zero attached hydrogens (tertiary/aromatic N) is 1. The number of rotatable bonds is 2. The number of halogens is 1. The summed E-state index contributed by atoms with van der Waals surface area (Å²) in [5.74, 6) is 0. The van der Waals surface area contributed by atoms with Gasteiger partial charge in [-0.3, -0.25) is 0 Å². The number of benzene rings is 2. The molecule has 2 nitrogen and oxygen atoms in total. The van der Waals surface area contributed by atoms with Gasteiger partial charge < -0.3 is 5.32 Å². The van der Waals surface area contributed by atoms with E-state index in [-0.39, 0.29) is 0 Å². The van der Waals surface area contributed by atoms with E-state index in [1.165, 1.54) is 8.27 Å². The van der Waals surface area contributed by atoms with E-state index in [1.54, 1.807) is 11.3 Å². The minimum atomic E-state index is 0.938. The van der Waals surface area contributed by atoms with Crippen LogP contribution < -0.4 is 5.32 Å². The van der Waals surface area contributed by atoms with E-state index >= 15 is 0 Å². The van der Waals surface area contributed by atoms with E-state index in [9.17, 15) is 0 Å². The first-order valence-corrected chi connectivity index (χ1v) is 7.09. The molecule has 2 aromatic carbocycles. The molecule has 84 valence electrons. The van der Waals surface area contributed by atoms with Gasteiger partial charge in [0.2, 0.25) is 0 Å². The highest BCUT2D eigenvalue weighted by atomic mass is 127. The van der Waals surface area contributed by atoms with Crippen molar-refractivity contribution >= 4 is 55.0 Å². The lowest BCUT2D eigenvalue weighted by molar-refractivity contribution is 1.44. The Bertz CT molecular complexity index is 630. The number of hydrogen-bond acceptors (Lipinski definition) is 3. The molecule has 0 atom stereocenters. The zero-order valence-corrected chi connectivity index (χ0v) is 11.8. The van der Waals surface area contributed by atoms with Crippen LogP contribution in [-0.4, -0.2) is 4.98 Å². The first kappa shape index (κ1) is 11.0. The molecule has 17 heavy (non-hydrogen) atoms. The van der Waals surface area contributed by atoms with Gasteiger partial charge in [0.25, 0.3) is 0 Å². The molecular formula is C13H9IN2S. The summed E-state index contributed by atoms with van der Waals surface area (Å²) in [6, 6.07) is 16.4. The summed E-state index contributed by atoms with van der Waals surface area (Å²) in [5, 5.41) is 4.27. The van der Waals surface area contributed by atoms with Gasteiger partial charge >= 0.3 is 0 Å². The highest BCUT2D eigenvalue weighted by Crippen LogP contribution is 2.28. The predicted octanol–water partition coefficient (Wildman–Crippen LogP) is 4.64. The van der Waals surface area contributed by atoms with E-state index in [0.717, 1.165) is 16.3 Å². The first-order chi connectivity index (χ1) is 8.31. The van der Waals surface area contributed by atoms with Crippen LogP contribution in [-0.2, 0) is 0 Å². The first-order valence-electron chi connectivity index (χ1n) is 5.19. The van der Waals surface area contributed by atoms with Crippen LogP contribution in [0.1, 0.15) is 0 Å². The normalized spacial score (nSPS) is 10.6. The van der Waals surface area contributed by atoms with Gasteiger partial charge in [0, 0.05) is 9.26 Å². The molecule has 0 saturated heterocycles. The van der Waals surface area contributed by atoms with Crippen LogP contribution in [0.25, 0.3) is 10.2 Å². The van der Waals surface area contributed by atoms with Crippen LogP contribution >= 0.6 is 33.9 Å². The van der Waals surface area contributed by atoms with Gasteiger partial charge in [-0.2, -0.15) is 0 Å². The maximum Gasteiger partial charge on any atom is 0.188 e. The summed E-state index contributed by atoms with van der Waals surface area (Å²) in [5.41, 5.74) is 2.13. The Hall–Kier alpha value is -1.14. The van der Waals surface area contributed by atoms with Crippen LogP contribution in [0.15, 0.2) is 48.5 Å². The number of fused-ring (bicyclic) bond motifs is 1. The van der Waals surface area contributed by atoms with Crippen molar-refractivity contribution in [2.45, 2.75) is 0 Å². The topological polar surface area (TPSA) is 24.9 Å². The van der Waals surface area contributed by atoms with Gasteiger partial charge in [0.1, 0.15) is 0 Å². The van der Waals surface area contributed by atoms with Crippen molar-refractivity contribution in [2.24, 2.45) is 0 Å². The van der Waals surface area contributed by atoms with Crippen LogP contribution in [0.3, 0.4) is 0 Å². The Balaban J connectivity index is 1.94. The largest absolute Gasteiger partial charge is 0.331 e. The summed E-state index contributed by atoms with van der Waals surface area (Å²) in [6.45, 7) is 0. The molecule has 0 aliphatic heterocycles. The van der Waals surface area contributed by atoms with Crippen molar-refractivity contribution in [1.29, 1.82) is 0 Å². The maximum absolute atomic E-state index is 4.54. The molecule has 0 bridgehead atoms. The van der Waals surface area contributed by atoms with E-state index in [0.29, 0.717) is 0 Å². The maximum atomic E-state index is 4.54. The molecule has 0 saturated carbocycles. The molecular weight excluding hydrogens is 343 g/mol. The lowest BCUT2D eigenvalue weighted by atomic mass is 10.3. The minimum absolute atomic E-state index is 0.938.